The molecule has 7 heteroatoms. The van der Waals surface area contributed by atoms with Crippen LogP contribution in [0.25, 0.3) is 10.1 Å². The van der Waals surface area contributed by atoms with Gasteiger partial charge in [0.2, 0.25) is 0 Å². The van der Waals surface area contributed by atoms with Crippen molar-refractivity contribution in [2.45, 2.75) is 57.8 Å². The average Bonchev–Trinajstić information content (AvgIpc) is 3.05. The van der Waals surface area contributed by atoms with E-state index in [1.807, 2.05) is 0 Å². The van der Waals surface area contributed by atoms with Gasteiger partial charge in [-0.25, -0.2) is 0 Å². The lowest BCUT2D eigenvalue weighted by atomic mass is 9.72. The number of nitrogens with one attached hydrogen (secondary N) is 1. The minimum absolute atomic E-state index is 0.0593. The Balaban J connectivity index is 1.63. The van der Waals surface area contributed by atoms with Crippen LogP contribution >= 0.6 is 11.3 Å². The van der Waals surface area contributed by atoms with Crippen molar-refractivity contribution in [2.75, 3.05) is 13.1 Å². The normalized spacial score (nSPS) is 26.6. The van der Waals surface area contributed by atoms with E-state index in [-0.39, 0.29) is 23.1 Å². The summed E-state index contributed by atoms with van der Waals surface area (Å²) in [6.07, 6.45) is -3.08. The summed E-state index contributed by atoms with van der Waals surface area (Å²) in [5.41, 5.74) is 0.778. The summed E-state index contributed by atoms with van der Waals surface area (Å²) in [4.78, 5) is 15.9. The molecule has 1 aromatic heterocycles. The molecule has 2 aromatic rings. The number of rotatable bonds is 3. The highest BCUT2D eigenvalue weighted by Gasteiger charge is 2.48. The van der Waals surface area contributed by atoms with Gasteiger partial charge in [0, 0.05) is 16.3 Å². The van der Waals surface area contributed by atoms with Crippen LogP contribution in [0.4, 0.5) is 13.2 Å². The van der Waals surface area contributed by atoms with Gasteiger partial charge >= 0.3 is 6.18 Å². The monoisotopic (exact) mass is 410 g/mol. The smallest absolute Gasteiger partial charge is 0.346 e. The van der Waals surface area contributed by atoms with Gasteiger partial charge in [0.1, 0.15) is 0 Å². The Hall–Kier alpha value is -1.60. The van der Waals surface area contributed by atoms with E-state index in [0.717, 1.165) is 25.9 Å². The minimum atomic E-state index is -4.27. The highest BCUT2D eigenvalue weighted by molar-refractivity contribution is 7.21. The number of alkyl halides is 3. The quantitative estimate of drug-likeness (QED) is 0.779. The molecule has 1 aromatic carbocycles. The van der Waals surface area contributed by atoms with Crippen LogP contribution < -0.4 is 5.32 Å². The van der Waals surface area contributed by atoms with E-state index in [9.17, 15) is 18.0 Å². The first-order valence-electron chi connectivity index (χ1n) is 9.71. The Bertz CT molecular complexity index is 910. The van der Waals surface area contributed by atoms with Crippen LogP contribution in [0.5, 0.6) is 0 Å². The fourth-order valence-corrected chi connectivity index (χ4v) is 6.04. The van der Waals surface area contributed by atoms with Crippen molar-refractivity contribution in [3.05, 3.63) is 34.2 Å². The number of benzene rings is 1. The number of carbonyl (C=O) groups is 1. The summed E-state index contributed by atoms with van der Waals surface area (Å²) in [5, 5.41) is 3.91. The van der Waals surface area contributed by atoms with E-state index in [1.165, 1.54) is 11.3 Å². The fourth-order valence-electron chi connectivity index (χ4n) is 4.88. The molecule has 28 heavy (non-hydrogen) atoms. The maximum atomic E-state index is 13.0. The van der Waals surface area contributed by atoms with Crippen LogP contribution in [-0.4, -0.2) is 41.7 Å². The molecule has 0 spiro atoms. The van der Waals surface area contributed by atoms with E-state index in [1.54, 1.807) is 25.1 Å². The van der Waals surface area contributed by atoms with Gasteiger partial charge in [-0.1, -0.05) is 12.1 Å². The van der Waals surface area contributed by atoms with Crippen molar-refractivity contribution >= 4 is 27.3 Å². The third kappa shape index (κ3) is 3.43. The lowest BCUT2D eigenvalue weighted by Gasteiger charge is -2.56. The number of fused-ring (bicyclic) bond motifs is 4. The highest BCUT2D eigenvalue weighted by atomic mass is 32.1. The number of hydrogen-bond donors (Lipinski definition) is 1. The number of halogens is 3. The summed E-state index contributed by atoms with van der Waals surface area (Å²) >= 11 is 1.17. The summed E-state index contributed by atoms with van der Waals surface area (Å²) in [6, 6.07) is 5.29. The second-order valence-electron chi connectivity index (χ2n) is 8.61. The highest BCUT2D eigenvalue weighted by Crippen LogP contribution is 2.40. The van der Waals surface area contributed by atoms with Gasteiger partial charge in [0.25, 0.3) is 5.91 Å². The average molecular weight is 411 g/mol. The number of thiophene rings is 1. The predicted molar refractivity (Wildman–Crippen MR) is 106 cm³/mol. The Morgan fingerprint density at radius 3 is 2.57 bits per heavy atom. The number of piperidine rings is 3. The van der Waals surface area contributed by atoms with Crippen molar-refractivity contribution in [3.8, 4) is 0 Å². The van der Waals surface area contributed by atoms with Crippen LogP contribution in [0, 0.1) is 12.8 Å². The van der Waals surface area contributed by atoms with E-state index in [4.69, 9.17) is 0 Å². The van der Waals surface area contributed by atoms with Crippen LogP contribution in [0.1, 0.15) is 47.5 Å². The van der Waals surface area contributed by atoms with Crippen molar-refractivity contribution in [1.82, 2.24) is 10.2 Å². The molecule has 3 nitrogen and oxygen atoms in total. The zero-order valence-corrected chi connectivity index (χ0v) is 17.1. The standard InChI is InChI=1S/C21H25F3N2OS/c1-12-4-5-14-10-16(28-17(14)15(12)11-21(22,23)24)19(27)25-18-13-6-8-26(9-7-13)20(18,2)3/h4-5,10,13,18H,6-9,11H2,1-3H3,(H,25,27). The zero-order valence-electron chi connectivity index (χ0n) is 16.3. The third-order valence-electron chi connectivity index (χ3n) is 6.50. The van der Waals surface area contributed by atoms with Crippen LogP contribution in [0.2, 0.25) is 0 Å². The van der Waals surface area contributed by atoms with E-state index in [0.29, 0.717) is 26.4 Å². The predicted octanol–water partition coefficient (Wildman–Crippen LogP) is 4.92. The van der Waals surface area contributed by atoms with Gasteiger partial charge < -0.3 is 5.32 Å². The zero-order chi connectivity index (χ0) is 20.3. The maximum Gasteiger partial charge on any atom is 0.393 e. The molecule has 3 fully saturated rings. The Kier molecular flexibility index (Phi) is 4.74. The van der Waals surface area contributed by atoms with Crippen molar-refractivity contribution in [1.29, 1.82) is 0 Å². The molecule has 0 aliphatic carbocycles. The molecular formula is C21H25F3N2OS. The van der Waals surface area contributed by atoms with E-state index >= 15 is 0 Å². The first-order valence-corrected chi connectivity index (χ1v) is 10.5. The van der Waals surface area contributed by atoms with Gasteiger partial charge in [0.05, 0.1) is 11.3 Å². The fraction of sp³-hybridized carbons (Fsp3) is 0.571. The minimum Gasteiger partial charge on any atom is -0.346 e. The molecule has 1 atom stereocenters. The van der Waals surface area contributed by atoms with Crippen LogP contribution in [0.15, 0.2) is 18.2 Å². The van der Waals surface area contributed by atoms with Gasteiger partial charge in [0.15, 0.2) is 0 Å². The molecule has 5 rings (SSSR count). The van der Waals surface area contributed by atoms with Gasteiger partial charge in [-0.2, -0.15) is 13.2 Å². The summed E-state index contributed by atoms with van der Waals surface area (Å²) in [5.74, 6) is 0.282. The Labute approximate surface area is 166 Å². The molecule has 1 N–H and O–H groups in total. The van der Waals surface area contributed by atoms with Crippen LogP contribution in [-0.2, 0) is 6.42 Å². The maximum absolute atomic E-state index is 13.0. The van der Waals surface area contributed by atoms with Gasteiger partial charge in [-0.15, -0.1) is 11.3 Å². The molecular weight excluding hydrogens is 385 g/mol. The SMILES string of the molecule is Cc1ccc2cc(C(=O)NC3C4CCN(CC4)C3(C)C)sc2c1CC(F)(F)F. The molecule has 0 radical (unpaired) electrons. The molecule has 3 aliphatic rings. The summed E-state index contributed by atoms with van der Waals surface area (Å²) in [7, 11) is 0. The lowest BCUT2D eigenvalue weighted by Crippen LogP contribution is -2.69. The summed E-state index contributed by atoms with van der Waals surface area (Å²) in [6.45, 7) is 8.15. The van der Waals surface area contributed by atoms with Crippen molar-refractivity contribution in [3.63, 3.8) is 0 Å². The Morgan fingerprint density at radius 2 is 1.96 bits per heavy atom. The molecule has 152 valence electrons. The Morgan fingerprint density at radius 1 is 1.29 bits per heavy atom. The molecule has 3 aliphatic heterocycles. The largest absolute Gasteiger partial charge is 0.393 e. The first kappa shape index (κ1) is 19.7. The molecule has 3 saturated heterocycles. The molecule has 1 unspecified atom stereocenters. The number of carbonyl (C=O) groups excluding carboxylic acids is 1. The third-order valence-corrected chi connectivity index (χ3v) is 7.71. The summed E-state index contributed by atoms with van der Waals surface area (Å²) < 4.78 is 39.6. The lowest BCUT2D eigenvalue weighted by molar-refractivity contribution is -0.127. The second-order valence-corrected chi connectivity index (χ2v) is 9.66. The first-order chi connectivity index (χ1) is 13.1. The molecule has 0 saturated carbocycles. The number of nitrogens with zero attached hydrogens (tertiary/aromatic N) is 1. The molecule has 2 bridgehead atoms. The second kappa shape index (κ2) is 6.73. The van der Waals surface area contributed by atoms with E-state index in [2.05, 4.69) is 24.1 Å². The molecule has 4 heterocycles. The van der Waals surface area contributed by atoms with Crippen molar-refractivity contribution in [2.24, 2.45) is 5.92 Å². The van der Waals surface area contributed by atoms with Gasteiger partial charge in [-0.3, -0.25) is 9.69 Å². The van der Waals surface area contributed by atoms with Gasteiger partial charge in [-0.05, 0) is 75.2 Å². The van der Waals surface area contributed by atoms with E-state index < -0.39 is 12.6 Å². The number of aryl methyl sites for hydroxylation is 1. The molecule has 1 amide bonds. The topological polar surface area (TPSA) is 32.3 Å². The number of amides is 1. The number of hydrogen-bond acceptors (Lipinski definition) is 3. The van der Waals surface area contributed by atoms with Crippen molar-refractivity contribution < 1.29 is 18.0 Å². The van der Waals surface area contributed by atoms with Crippen LogP contribution in [0.3, 0.4) is 0 Å².